The third-order valence-corrected chi connectivity index (χ3v) is 7.18. The first-order valence-corrected chi connectivity index (χ1v) is 14.3. The lowest BCUT2D eigenvalue weighted by Gasteiger charge is -2.36. The Morgan fingerprint density at radius 2 is 1.90 bits per heavy atom. The molecule has 1 saturated heterocycles. The fraction of sp³-hybridized carbons (Fsp3) is 0.438. The zero-order valence-electron chi connectivity index (χ0n) is 24.9. The molecule has 3 heterocycles. The number of nitrogens with one attached hydrogen (secondary N) is 1. The van der Waals surface area contributed by atoms with Gasteiger partial charge in [-0.25, -0.2) is 9.78 Å². The lowest BCUT2D eigenvalue weighted by Crippen LogP contribution is -2.37. The molecular formula is C32H41N5O5. The molecule has 0 bridgehead atoms. The van der Waals surface area contributed by atoms with E-state index in [-0.39, 0.29) is 18.1 Å². The van der Waals surface area contributed by atoms with E-state index in [4.69, 9.17) is 9.47 Å². The maximum absolute atomic E-state index is 13.3. The van der Waals surface area contributed by atoms with Gasteiger partial charge in [0.05, 0.1) is 11.2 Å². The molecule has 224 valence electrons. The number of carbonyl (C=O) groups excluding carboxylic acids is 1. The van der Waals surface area contributed by atoms with Gasteiger partial charge in [-0.15, -0.1) is 6.58 Å². The molecule has 42 heavy (non-hydrogen) atoms. The molecule has 2 N–H and O–H groups in total. The molecular weight excluding hydrogens is 534 g/mol. The molecule has 0 saturated carbocycles. The van der Waals surface area contributed by atoms with Crippen molar-refractivity contribution in [3.05, 3.63) is 78.2 Å². The number of fused-ring (bicyclic) bond motifs is 1. The number of carboxylic acid groups (broad SMARTS) is 1. The molecule has 1 aliphatic heterocycles. The number of aliphatic carboxylic acids is 1. The minimum Gasteiger partial charge on any atom is -0.489 e. The summed E-state index contributed by atoms with van der Waals surface area (Å²) in [6, 6.07) is 9.10. The molecule has 2 aromatic heterocycles. The maximum atomic E-state index is 13.3. The first-order valence-electron chi connectivity index (χ1n) is 14.3. The van der Waals surface area contributed by atoms with E-state index < -0.39 is 17.7 Å². The highest BCUT2D eigenvalue weighted by molar-refractivity contribution is 5.93. The highest BCUT2D eigenvalue weighted by Crippen LogP contribution is 2.36. The number of carbonyl (C=O) groups is 2. The normalized spacial score (nSPS) is 14.9. The van der Waals surface area contributed by atoms with Crippen LogP contribution in [0.3, 0.4) is 0 Å². The summed E-state index contributed by atoms with van der Waals surface area (Å²) in [5.74, 6) is 0.275. The Labute approximate surface area is 247 Å². The first kappa shape index (κ1) is 30.8. The van der Waals surface area contributed by atoms with Gasteiger partial charge < -0.3 is 24.8 Å². The van der Waals surface area contributed by atoms with Crippen LogP contribution in [0.1, 0.15) is 73.4 Å². The Morgan fingerprint density at radius 1 is 1.19 bits per heavy atom. The SMILES string of the molecule is C=CCOc1ccccc1CNC(=O)c1cc2nc(C)c(C(OC(C)(C)C)C(=O)O)c(N3CCC(CC=C)CC3)n2n1. The Hall–Kier alpha value is -4.18. The molecule has 1 amide bonds. The summed E-state index contributed by atoms with van der Waals surface area (Å²) in [6.45, 7) is 16.8. The van der Waals surface area contributed by atoms with Gasteiger partial charge in [0.1, 0.15) is 18.2 Å². The van der Waals surface area contributed by atoms with Crippen molar-refractivity contribution < 1.29 is 24.2 Å². The minimum absolute atomic E-state index is 0.176. The van der Waals surface area contributed by atoms with Crippen LogP contribution in [0.5, 0.6) is 5.75 Å². The average molecular weight is 576 g/mol. The number of anilines is 1. The Bertz CT molecular complexity index is 1450. The van der Waals surface area contributed by atoms with E-state index in [1.54, 1.807) is 23.6 Å². The Morgan fingerprint density at radius 3 is 2.55 bits per heavy atom. The molecule has 3 aromatic rings. The van der Waals surface area contributed by atoms with Crippen LogP contribution in [0, 0.1) is 12.8 Å². The van der Waals surface area contributed by atoms with Crippen LogP contribution in [0.4, 0.5) is 5.82 Å². The predicted molar refractivity (Wildman–Crippen MR) is 162 cm³/mol. The van der Waals surface area contributed by atoms with Crippen LogP contribution in [0.15, 0.2) is 55.6 Å². The quantitative estimate of drug-likeness (QED) is 0.281. The van der Waals surface area contributed by atoms with Crippen molar-refractivity contribution in [3.8, 4) is 5.75 Å². The van der Waals surface area contributed by atoms with Crippen LogP contribution in [-0.4, -0.2) is 56.9 Å². The van der Waals surface area contributed by atoms with Crippen molar-refractivity contribution >= 4 is 23.3 Å². The Balaban J connectivity index is 1.72. The number of nitrogens with zero attached hydrogens (tertiary/aromatic N) is 4. The first-order chi connectivity index (χ1) is 20.0. The largest absolute Gasteiger partial charge is 0.489 e. The van der Waals surface area contributed by atoms with Gasteiger partial charge >= 0.3 is 5.97 Å². The van der Waals surface area contributed by atoms with Crippen molar-refractivity contribution in [3.63, 3.8) is 0 Å². The van der Waals surface area contributed by atoms with Crippen molar-refractivity contribution in [1.29, 1.82) is 0 Å². The summed E-state index contributed by atoms with van der Waals surface area (Å²) in [5.41, 5.74) is 1.69. The third kappa shape index (κ3) is 7.17. The zero-order valence-corrected chi connectivity index (χ0v) is 24.9. The van der Waals surface area contributed by atoms with Gasteiger partial charge in [0.2, 0.25) is 0 Å². The molecule has 1 aliphatic rings. The summed E-state index contributed by atoms with van der Waals surface area (Å²) in [5, 5.41) is 17.9. The van der Waals surface area contributed by atoms with Crippen LogP contribution in [0.2, 0.25) is 0 Å². The fourth-order valence-electron chi connectivity index (χ4n) is 5.24. The Kier molecular flexibility index (Phi) is 9.67. The summed E-state index contributed by atoms with van der Waals surface area (Å²) < 4.78 is 13.4. The summed E-state index contributed by atoms with van der Waals surface area (Å²) in [4.78, 5) is 32.7. The van der Waals surface area contributed by atoms with Gasteiger partial charge in [-0.05, 0) is 58.9 Å². The van der Waals surface area contributed by atoms with Gasteiger partial charge in [-0.2, -0.15) is 9.61 Å². The minimum atomic E-state index is -1.27. The highest BCUT2D eigenvalue weighted by atomic mass is 16.5. The number of hydrogen-bond acceptors (Lipinski definition) is 7. The number of aryl methyl sites for hydroxylation is 1. The van der Waals surface area contributed by atoms with Crippen LogP contribution in [0.25, 0.3) is 5.65 Å². The van der Waals surface area contributed by atoms with Gasteiger partial charge in [0.15, 0.2) is 17.4 Å². The molecule has 1 atom stereocenters. The molecule has 0 aliphatic carbocycles. The lowest BCUT2D eigenvalue weighted by atomic mass is 9.93. The molecule has 1 aromatic carbocycles. The number of aromatic nitrogens is 3. The molecule has 0 spiro atoms. The number of amides is 1. The fourth-order valence-corrected chi connectivity index (χ4v) is 5.24. The van der Waals surface area contributed by atoms with E-state index in [0.29, 0.717) is 54.1 Å². The van der Waals surface area contributed by atoms with Crippen molar-refractivity contribution in [2.24, 2.45) is 5.92 Å². The number of carboxylic acids is 1. The zero-order chi connectivity index (χ0) is 30.4. The van der Waals surface area contributed by atoms with E-state index >= 15 is 0 Å². The van der Waals surface area contributed by atoms with Crippen LogP contribution >= 0.6 is 0 Å². The number of piperidine rings is 1. The van der Waals surface area contributed by atoms with Crippen molar-refractivity contribution in [1.82, 2.24) is 19.9 Å². The predicted octanol–water partition coefficient (Wildman–Crippen LogP) is 5.27. The van der Waals surface area contributed by atoms with Gasteiger partial charge in [-0.1, -0.05) is 36.9 Å². The molecule has 10 nitrogen and oxygen atoms in total. The smallest absolute Gasteiger partial charge is 0.337 e. The summed E-state index contributed by atoms with van der Waals surface area (Å²) in [6.07, 6.45) is 5.12. The second-order valence-corrected chi connectivity index (χ2v) is 11.5. The second-order valence-electron chi connectivity index (χ2n) is 11.5. The van der Waals surface area contributed by atoms with E-state index in [9.17, 15) is 14.7 Å². The molecule has 0 radical (unpaired) electrons. The number of benzene rings is 1. The molecule has 1 fully saturated rings. The van der Waals surface area contributed by atoms with E-state index in [0.717, 1.165) is 24.8 Å². The monoisotopic (exact) mass is 575 g/mol. The van der Waals surface area contributed by atoms with Crippen molar-refractivity contribution in [2.75, 3.05) is 24.6 Å². The number of para-hydroxylation sites is 1. The molecule has 1 unspecified atom stereocenters. The van der Waals surface area contributed by atoms with Gasteiger partial charge in [-0.3, -0.25) is 4.79 Å². The maximum Gasteiger partial charge on any atom is 0.337 e. The average Bonchev–Trinajstić information content (AvgIpc) is 3.37. The molecule has 10 heteroatoms. The number of hydrogen-bond donors (Lipinski definition) is 2. The van der Waals surface area contributed by atoms with E-state index in [1.165, 1.54) is 0 Å². The lowest BCUT2D eigenvalue weighted by molar-refractivity contribution is -0.160. The topological polar surface area (TPSA) is 118 Å². The third-order valence-electron chi connectivity index (χ3n) is 7.18. The number of ether oxygens (including phenoxy) is 2. The molecule has 4 rings (SSSR count). The summed E-state index contributed by atoms with van der Waals surface area (Å²) in [7, 11) is 0. The number of allylic oxidation sites excluding steroid dienone is 1. The van der Waals surface area contributed by atoms with Gasteiger partial charge in [0, 0.05) is 37.0 Å². The van der Waals surface area contributed by atoms with Gasteiger partial charge in [0.25, 0.3) is 5.91 Å². The van der Waals surface area contributed by atoms with E-state index in [2.05, 4.69) is 33.5 Å². The van der Waals surface area contributed by atoms with Crippen LogP contribution in [-0.2, 0) is 16.1 Å². The van der Waals surface area contributed by atoms with Crippen molar-refractivity contribution in [2.45, 2.75) is 65.2 Å². The van der Waals surface area contributed by atoms with E-state index in [1.807, 2.05) is 51.1 Å². The van der Waals surface area contributed by atoms with Crippen LogP contribution < -0.4 is 15.0 Å². The standard InChI is InChI=1S/C32H41N5O5/c1-7-11-22-14-16-36(17-15-22)30-27(28(31(39)40)42-32(4,5)6)21(3)34-26-19-24(35-37(26)30)29(38)33-20-23-12-9-10-13-25(23)41-18-8-2/h7-10,12-13,19,22,28H,1-2,11,14-18,20H2,3-6H3,(H,33,38)(H,39,40). The highest BCUT2D eigenvalue weighted by Gasteiger charge is 2.35. The summed E-state index contributed by atoms with van der Waals surface area (Å²) >= 11 is 0. The second kappa shape index (κ2) is 13.2. The number of rotatable bonds is 12.